The molecule has 0 aromatic carbocycles. The zero-order valence-electron chi connectivity index (χ0n) is 9.53. The third-order valence-corrected chi connectivity index (χ3v) is 2.92. The maximum atomic E-state index is 9.64. The minimum absolute atomic E-state index is 0.259. The Hall–Kier alpha value is -1.13. The van der Waals surface area contributed by atoms with Crippen molar-refractivity contribution in [2.75, 3.05) is 18.5 Å². The van der Waals surface area contributed by atoms with Crippen molar-refractivity contribution in [2.24, 2.45) is 0 Å². The van der Waals surface area contributed by atoms with Crippen molar-refractivity contribution in [1.29, 1.82) is 0 Å². The van der Waals surface area contributed by atoms with Crippen LogP contribution in [-0.4, -0.2) is 33.9 Å². The highest BCUT2D eigenvalue weighted by Crippen LogP contribution is 2.21. The molecule has 0 saturated carbocycles. The number of aryl methyl sites for hydroxylation is 2. The summed E-state index contributed by atoms with van der Waals surface area (Å²) in [5.41, 5.74) is 1.40. The molecule has 2 rings (SSSR count). The molecule has 0 fully saturated rings. The maximum absolute atomic E-state index is 9.64. The van der Waals surface area contributed by atoms with E-state index in [1.807, 2.05) is 6.07 Å². The number of aliphatic hydroxyl groups is 2. The van der Waals surface area contributed by atoms with Crippen molar-refractivity contribution in [2.45, 2.75) is 31.8 Å². The molecule has 1 aromatic heterocycles. The summed E-state index contributed by atoms with van der Waals surface area (Å²) >= 11 is 0. The lowest BCUT2D eigenvalue weighted by Crippen LogP contribution is -2.37. The molecule has 4 heteroatoms. The average Bonchev–Trinajstić information content (AvgIpc) is 2.73. The summed E-state index contributed by atoms with van der Waals surface area (Å²) < 4.78 is 0. The number of anilines is 1. The Kier molecular flexibility index (Phi) is 3.12. The van der Waals surface area contributed by atoms with E-state index in [1.165, 1.54) is 12.0 Å². The van der Waals surface area contributed by atoms with E-state index in [0.29, 0.717) is 6.54 Å². The van der Waals surface area contributed by atoms with Crippen molar-refractivity contribution in [3.8, 4) is 0 Å². The Balaban J connectivity index is 2.00. The first-order chi connectivity index (χ1) is 7.61. The molecule has 0 saturated heterocycles. The van der Waals surface area contributed by atoms with Gasteiger partial charge in [-0.2, -0.15) is 0 Å². The molecule has 1 unspecified atom stereocenters. The van der Waals surface area contributed by atoms with Crippen LogP contribution in [0, 0.1) is 0 Å². The Morgan fingerprint density at radius 2 is 2.25 bits per heavy atom. The van der Waals surface area contributed by atoms with Crippen LogP contribution in [0.5, 0.6) is 0 Å². The predicted octanol–water partition coefficient (Wildman–Crippen LogP) is 0.726. The van der Waals surface area contributed by atoms with Crippen molar-refractivity contribution in [1.82, 2.24) is 4.98 Å². The van der Waals surface area contributed by atoms with E-state index in [2.05, 4.69) is 16.4 Å². The third-order valence-electron chi connectivity index (χ3n) is 2.92. The highest BCUT2D eigenvalue weighted by molar-refractivity contribution is 5.40. The quantitative estimate of drug-likeness (QED) is 0.702. The molecule has 1 atom stereocenters. The van der Waals surface area contributed by atoms with Crippen molar-refractivity contribution >= 4 is 5.82 Å². The lowest BCUT2D eigenvalue weighted by atomic mass is 10.1. The largest absolute Gasteiger partial charge is 0.393 e. The number of pyridine rings is 1. The van der Waals surface area contributed by atoms with E-state index in [4.69, 9.17) is 5.11 Å². The van der Waals surface area contributed by atoms with Gasteiger partial charge in [0.2, 0.25) is 0 Å². The van der Waals surface area contributed by atoms with Crippen LogP contribution in [0.1, 0.15) is 24.6 Å². The molecule has 4 nitrogen and oxygen atoms in total. The van der Waals surface area contributed by atoms with Crippen LogP contribution in [0.2, 0.25) is 0 Å². The van der Waals surface area contributed by atoms with Gasteiger partial charge in [0.1, 0.15) is 11.4 Å². The molecule has 0 bridgehead atoms. The Morgan fingerprint density at radius 3 is 3.00 bits per heavy atom. The first-order valence-corrected chi connectivity index (χ1v) is 5.67. The first-order valence-electron chi connectivity index (χ1n) is 5.67. The fourth-order valence-corrected chi connectivity index (χ4v) is 1.86. The molecule has 0 aliphatic heterocycles. The minimum atomic E-state index is -1.10. The molecular formula is C12H18N2O2. The van der Waals surface area contributed by atoms with Gasteiger partial charge in [-0.3, -0.25) is 0 Å². The molecule has 0 radical (unpaired) electrons. The number of aliphatic hydroxyl groups excluding tert-OH is 1. The summed E-state index contributed by atoms with van der Waals surface area (Å²) in [4.78, 5) is 4.49. The van der Waals surface area contributed by atoms with Crippen molar-refractivity contribution in [3.05, 3.63) is 23.4 Å². The lowest BCUT2D eigenvalue weighted by Gasteiger charge is -2.21. The Bertz CT molecular complexity index is 377. The molecule has 1 heterocycles. The highest BCUT2D eigenvalue weighted by atomic mass is 16.3. The van der Waals surface area contributed by atoms with Crippen molar-refractivity contribution < 1.29 is 10.2 Å². The Morgan fingerprint density at radius 1 is 1.44 bits per heavy atom. The standard InChI is InChI=1S/C12H18N2O2/c1-12(16,8-15)7-13-11-6-5-9-3-2-4-10(9)14-11/h5-6,15-16H,2-4,7-8H2,1H3,(H,13,14). The van der Waals surface area contributed by atoms with E-state index in [1.54, 1.807) is 6.92 Å². The van der Waals surface area contributed by atoms with E-state index in [0.717, 1.165) is 24.4 Å². The van der Waals surface area contributed by atoms with Crippen LogP contribution < -0.4 is 5.32 Å². The van der Waals surface area contributed by atoms with Crippen LogP contribution in [-0.2, 0) is 12.8 Å². The van der Waals surface area contributed by atoms with Gasteiger partial charge in [0.15, 0.2) is 0 Å². The normalized spacial score (nSPS) is 17.9. The summed E-state index contributed by atoms with van der Waals surface area (Å²) in [5.74, 6) is 0.773. The predicted molar refractivity (Wildman–Crippen MR) is 62.5 cm³/mol. The molecule has 16 heavy (non-hydrogen) atoms. The summed E-state index contributed by atoms with van der Waals surface area (Å²) in [5, 5.41) is 21.6. The molecule has 1 aliphatic rings. The maximum Gasteiger partial charge on any atom is 0.126 e. The van der Waals surface area contributed by atoms with Gasteiger partial charge in [0, 0.05) is 12.2 Å². The number of nitrogens with zero attached hydrogens (tertiary/aromatic N) is 1. The van der Waals surface area contributed by atoms with E-state index in [9.17, 15) is 5.11 Å². The molecule has 88 valence electrons. The van der Waals surface area contributed by atoms with Crippen LogP contribution in [0.25, 0.3) is 0 Å². The topological polar surface area (TPSA) is 65.4 Å². The van der Waals surface area contributed by atoms with Crippen molar-refractivity contribution in [3.63, 3.8) is 0 Å². The second-order valence-electron chi connectivity index (χ2n) is 4.66. The molecule has 3 N–H and O–H groups in total. The van der Waals surface area contributed by atoms with Gasteiger partial charge in [-0.15, -0.1) is 0 Å². The van der Waals surface area contributed by atoms with Gasteiger partial charge >= 0.3 is 0 Å². The first kappa shape index (κ1) is 11.4. The number of hydrogen-bond acceptors (Lipinski definition) is 4. The molecular weight excluding hydrogens is 204 g/mol. The Labute approximate surface area is 95.3 Å². The van der Waals surface area contributed by atoms with Gasteiger partial charge in [0.05, 0.1) is 6.61 Å². The summed E-state index contributed by atoms with van der Waals surface area (Å²) in [7, 11) is 0. The van der Waals surface area contributed by atoms with Gasteiger partial charge in [-0.25, -0.2) is 4.98 Å². The van der Waals surface area contributed by atoms with E-state index < -0.39 is 5.60 Å². The highest BCUT2D eigenvalue weighted by Gasteiger charge is 2.19. The number of aromatic nitrogens is 1. The van der Waals surface area contributed by atoms with E-state index in [-0.39, 0.29) is 6.61 Å². The SMILES string of the molecule is CC(O)(CO)CNc1ccc2c(n1)CCC2. The van der Waals surface area contributed by atoms with Gasteiger partial charge < -0.3 is 15.5 Å². The zero-order chi connectivity index (χ0) is 11.6. The molecule has 1 aliphatic carbocycles. The number of nitrogens with one attached hydrogen (secondary N) is 1. The zero-order valence-corrected chi connectivity index (χ0v) is 9.53. The van der Waals surface area contributed by atoms with Crippen LogP contribution in [0.4, 0.5) is 5.82 Å². The summed E-state index contributed by atoms with van der Waals surface area (Å²) in [6.07, 6.45) is 3.35. The molecule has 1 aromatic rings. The lowest BCUT2D eigenvalue weighted by molar-refractivity contribution is 0.0131. The third kappa shape index (κ3) is 2.51. The fraction of sp³-hybridized carbons (Fsp3) is 0.583. The number of fused-ring (bicyclic) bond motifs is 1. The van der Waals surface area contributed by atoms with Crippen LogP contribution >= 0.6 is 0 Å². The fourth-order valence-electron chi connectivity index (χ4n) is 1.86. The van der Waals surface area contributed by atoms with Crippen LogP contribution in [0.3, 0.4) is 0 Å². The summed E-state index contributed by atoms with van der Waals surface area (Å²) in [6, 6.07) is 4.02. The second-order valence-corrected chi connectivity index (χ2v) is 4.66. The molecule has 0 amide bonds. The average molecular weight is 222 g/mol. The van der Waals surface area contributed by atoms with Gasteiger partial charge in [0.25, 0.3) is 0 Å². The summed E-state index contributed by atoms with van der Waals surface area (Å²) in [6.45, 7) is 1.63. The molecule has 0 spiro atoms. The van der Waals surface area contributed by atoms with Crippen LogP contribution in [0.15, 0.2) is 12.1 Å². The van der Waals surface area contributed by atoms with Gasteiger partial charge in [-0.05, 0) is 37.8 Å². The van der Waals surface area contributed by atoms with E-state index >= 15 is 0 Å². The number of rotatable bonds is 4. The van der Waals surface area contributed by atoms with Gasteiger partial charge in [-0.1, -0.05) is 6.07 Å². The second kappa shape index (κ2) is 4.39. The smallest absolute Gasteiger partial charge is 0.126 e. The monoisotopic (exact) mass is 222 g/mol. The number of hydrogen-bond donors (Lipinski definition) is 3. The minimum Gasteiger partial charge on any atom is -0.393 e.